The first kappa shape index (κ1) is 13.9. The van der Waals surface area contributed by atoms with Gasteiger partial charge in [-0.15, -0.1) is 0 Å². The molecule has 0 aromatic rings. The second kappa shape index (κ2) is 6.53. The zero-order chi connectivity index (χ0) is 12.8. The predicted octanol–water partition coefficient (Wildman–Crippen LogP) is -2.12. The lowest BCUT2D eigenvalue weighted by molar-refractivity contribution is -0.153. The van der Waals surface area contributed by atoms with Crippen LogP contribution in [0.25, 0.3) is 0 Å². The van der Waals surface area contributed by atoms with Crippen molar-refractivity contribution in [3.8, 4) is 0 Å². The zero-order valence-corrected chi connectivity index (χ0v) is 9.46. The van der Waals surface area contributed by atoms with Crippen LogP contribution in [0.1, 0.15) is 19.3 Å². The lowest BCUT2D eigenvalue weighted by Gasteiger charge is -2.20. The van der Waals surface area contributed by atoms with Gasteiger partial charge in [-0.25, -0.2) is 4.79 Å². The average Bonchev–Trinajstić information content (AvgIpc) is 2.74. The number of esters is 1. The lowest BCUT2D eigenvalue weighted by atomic mass is 10.1. The van der Waals surface area contributed by atoms with Crippen LogP contribution in [0.5, 0.6) is 0 Å². The van der Waals surface area contributed by atoms with E-state index in [0.29, 0.717) is 12.8 Å². The van der Waals surface area contributed by atoms with Gasteiger partial charge in [0.05, 0.1) is 12.7 Å². The molecule has 0 bridgehead atoms. The summed E-state index contributed by atoms with van der Waals surface area (Å²) < 4.78 is 5.05. The Hall–Kier alpha value is -1.18. The first-order valence-corrected chi connectivity index (χ1v) is 5.55. The summed E-state index contributed by atoms with van der Waals surface area (Å²) in [4.78, 5) is 22.5. The number of rotatable bonds is 6. The highest BCUT2D eigenvalue weighted by Gasteiger charge is 2.30. The number of amides is 1. The van der Waals surface area contributed by atoms with Gasteiger partial charge in [0.1, 0.15) is 12.1 Å². The van der Waals surface area contributed by atoms with Gasteiger partial charge in [-0.3, -0.25) is 4.79 Å². The molecule has 1 aliphatic rings. The summed E-state index contributed by atoms with van der Waals surface area (Å²) in [6.07, 6.45) is -0.805. The molecular formula is C10H18N2O5. The van der Waals surface area contributed by atoms with E-state index >= 15 is 0 Å². The summed E-state index contributed by atoms with van der Waals surface area (Å²) in [6, 6.07) is -0.622. The number of aliphatic hydroxyl groups is 2. The Kier molecular flexibility index (Phi) is 5.33. The van der Waals surface area contributed by atoms with Gasteiger partial charge in [-0.05, 0) is 6.42 Å². The molecule has 1 rings (SSSR count). The lowest BCUT2D eigenvalue weighted by Crippen LogP contribution is -2.39. The molecule has 98 valence electrons. The smallest absolute Gasteiger partial charge is 0.328 e. The molecule has 1 heterocycles. The minimum Gasteiger partial charge on any atom is -0.459 e. The van der Waals surface area contributed by atoms with E-state index in [1.807, 2.05) is 0 Å². The molecule has 1 saturated heterocycles. The fraction of sp³-hybridized carbons (Fsp3) is 0.800. The summed E-state index contributed by atoms with van der Waals surface area (Å²) >= 11 is 0. The highest BCUT2D eigenvalue weighted by Crippen LogP contribution is 2.11. The van der Waals surface area contributed by atoms with E-state index in [9.17, 15) is 14.7 Å². The maximum atomic E-state index is 11.6. The van der Waals surface area contributed by atoms with Crippen LogP contribution in [0.4, 0.5) is 0 Å². The van der Waals surface area contributed by atoms with Gasteiger partial charge in [0.15, 0.2) is 0 Å². The molecule has 7 nitrogen and oxygen atoms in total. The Balaban J connectivity index is 2.39. The molecule has 3 atom stereocenters. The van der Waals surface area contributed by atoms with Gasteiger partial charge >= 0.3 is 5.97 Å². The molecule has 1 fully saturated rings. The highest BCUT2D eigenvalue weighted by atomic mass is 16.5. The van der Waals surface area contributed by atoms with Crippen molar-refractivity contribution < 1.29 is 24.5 Å². The summed E-state index contributed by atoms with van der Waals surface area (Å²) in [5.74, 6) is -0.719. The number of ether oxygens (including phenoxy) is 1. The van der Waals surface area contributed by atoms with Crippen LogP contribution in [-0.2, 0) is 14.3 Å². The third-order valence-corrected chi connectivity index (χ3v) is 2.57. The summed E-state index contributed by atoms with van der Waals surface area (Å²) in [6.45, 7) is -0.350. The van der Waals surface area contributed by atoms with Gasteiger partial charge in [0.25, 0.3) is 0 Å². The number of aliphatic hydroxyl groups excluding tert-OH is 2. The van der Waals surface area contributed by atoms with Crippen molar-refractivity contribution in [2.45, 2.75) is 37.5 Å². The van der Waals surface area contributed by atoms with Gasteiger partial charge < -0.3 is 26.0 Å². The molecule has 0 saturated carbocycles. The average molecular weight is 246 g/mol. The van der Waals surface area contributed by atoms with Crippen LogP contribution in [-0.4, -0.2) is 53.5 Å². The standard InChI is InChI=1S/C10H18N2O5/c11-4-7(3-6(14)5-13)17-10(16)8-1-2-9(15)12-8/h6-8,13-14H,1-5,11H2,(H,12,15)/t6?,7?,8-/m0/s1. The number of hydrogen-bond donors (Lipinski definition) is 4. The van der Waals surface area contributed by atoms with Crippen molar-refractivity contribution >= 4 is 11.9 Å². The minimum absolute atomic E-state index is 0.0590. The van der Waals surface area contributed by atoms with Crippen molar-refractivity contribution in [3.05, 3.63) is 0 Å². The van der Waals surface area contributed by atoms with E-state index in [-0.39, 0.29) is 18.9 Å². The Labute approximate surface area is 98.9 Å². The molecule has 1 aliphatic heterocycles. The molecule has 0 spiro atoms. The van der Waals surface area contributed by atoms with Crippen molar-refractivity contribution in [1.82, 2.24) is 5.32 Å². The fourth-order valence-corrected chi connectivity index (χ4v) is 1.61. The minimum atomic E-state index is -0.963. The van der Waals surface area contributed by atoms with E-state index < -0.39 is 30.8 Å². The Morgan fingerprint density at radius 3 is 2.82 bits per heavy atom. The SMILES string of the molecule is NCC(CC(O)CO)OC(=O)[C@@H]1CCC(=O)N1. The Morgan fingerprint density at radius 1 is 1.65 bits per heavy atom. The van der Waals surface area contributed by atoms with Crippen LogP contribution >= 0.6 is 0 Å². The number of nitrogens with two attached hydrogens (primary N) is 1. The van der Waals surface area contributed by atoms with Crippen molar-refractivity contribution in [1.29, 1.82) is 0 Å². The van der Waals surface area contributed by atoms with Crippen LogP contribution in [0.2, 0.25) is 0 Å². The molecule has 5 N–H and O–H groups in total. The van der Waals surface area contributed by atoms with E-state index in [1.54, 1.807) is 0 Å². The maximum Gasteiger partial charge on any atom is 0.328 e. The topological polar surface area (TPSA) is 122 Å². The molecule has 0 aromatic heterocycles. The largest absolute Gasteiger partial charge is 0.459 e. The normalized spacial score (nSPS) is 23.0. The second-order valence-corrected chi connectivity index (χ2v) is 4.03. The Morgan fingerprint density at radius 2 is 2.35 bits per heavy atom. The van der Waals surface area contributed by atoms with Gasteiger partial charge in [0.2, 0.25) is 5.91 Å². The van der Waals surface area contributed by atoms with Gasteiger partial charge in [0, 0.05) is 19.4 Å². The molecule has 0 radical (unpaired) electrons. The highest BCUT2D eigenvalue weighted by molar-refractivity contribution is 5.88. The van der Waals surface area contributed by atoms with Crippen molar-refractivity contribution in [2.24, 2.45) is 5.73 Å². The third-order valence-electron chi connectivity index (χ3n) is 2.57. The van der Waals surface area contributed by atoms with Crippen LogP contribution < -0.4 is 11.1 Å². The predicted molar refractivity (Wildman–Crippen MR) is 57.8 cm³/mol. The first-order chi connectivity index (χ1) is 8.06. The maximum absolute atomic E-state index is 11.6. The van der Waals surface area contributed by atoms with E-state index in [1.165, 1.54) is 0 Å². The summed E-state index contributed by atoms with van der Waals surface area (Å²) in [5.41, 5.74) is 5.39. The molecule has 0 aromatic carbocycles. The zero-order valence-electron chi connectivity index (χ0n) is 9.46. The third kappa shape index (κ3) is 4.29. The Bertz CT molecular complexity index is 284. The molecule has 1 amide bonds. The number of carbonyl (C=O) groups excluding carboxylic acids is 2. The van der Waals surface area contributed by atoms with Crippen LogP contribution in [0.15, 0.2) is 0 Å². The van der Waals surface area contributed by atoms with Crippen molar-refractivity contribution in [3.63, 3.8) is 0 Å². The fourth-order valence-electron chi connectivity index (χ4n) is 1.61. The number of carbonyl (C=O) groups is 2. The number of hydrogen-bond acceptors (Lipinski definition) is 6. The van der Waals surface area contributed by atoms with E-state index in [0.717, 1.165) is 0 Å². The molecular weight excluding hydrogens is 228 g/mol. The summed E-state index contributed by atoms with van der Waals surface area (Å²) in [7, 11) is 0. The van der Waals surface area contributed by atoms with Gasteiger partial charge in [-0.2, -0.15) is 0 Å². The molecule has 0 aliphatic carbocycles. The van der Waals surface area contributed by atoms with Gasteiger partial charge in [-0.1, -0.05) is 0 Å². The summed E-state index contributed by atoms with van der Waals surface area (Å²) in [5, 5.41) is 20.4. The quantitative estimate of drug-likeness (QED) is 0.397. The molecule has 2 unspecified atom stereocenters. The van der Waals surface area contributed by atoms with Crippen molar-refractivity contribution in [2.75, 3.05) is 13.2 Å². The van der Waals surface area contributed by atoms with Crippen LogP contribution in [0.3, 0.4) is 0 Å². The molecule has 17 heavy (non-hydrogen) atoms. The number of nitrogens with one attached hydrogen (secondary N) is 1. The molecule has 7 heteroatoms. The van der Waals surface area contributed by atoms with E-state index in [4.69, 9.17) is 15.6 Å². The van der Waals surface area contributed by atoms with Crippen LogP contribution in [0, 0.1) is 0 Å². The van der Waals surface area contributed by atoms with E-state index in [2.05, 4.69) is 5.32 Å². The monoisotopic (exact) mass is 246 g/mol. The second-order valence-electron chi connectivity index (χ2n) is 4.03. The first-order valence-electron chi connectivity index (χ1n) is 5.55.